The predicted molar refractivity (Wildman–Crippen MR) is 52.1 cm³/mol. The fourth-order valence-corrected chi connectivity index (χ4v) is 2.28. The van der Waals surface area contributed by atoms with Crippen molar-refractivity contribution in [1.82, 2.24) is 0 Å². The zero-order valence-electron chi connectivity index (χ0n) is 8.00. The van der Waals surface area contributed by atoms with Gasteiger partial charge in [-0.1, -0.05) is 13.0 Å². The molecule has 0 bridgehead atoms. The Balaban J connectivity index is 3.02. The van der Waals surface area contributed by atoms with Crippen molar-refractivity contribution in [3.05, 3.63) is 30.6 Å². The summed E-state index contributed by atoms with van der Waals surface area (Å²) in [4.78, 5) is 0. The van der Waals surface area contributed by atoms with Gasteiger partial charge in [0.05, 0.1) is 0 Å². The Morgan fingerprint density at radius 3 is 2.29 bits per heavy atom. The molecule has 0 aliphatic heterocycles. The summed E-state index contributed by atoms with van der Waals surface area (Å²) in [5, 5.41) is -0.867. The average molecular weight is 216 g/mol. The van der Waals surface area contributed by atoms with Crippen molar-refractivity contribution in [2.75, 3.05) is 0 Å². The fraction of sp³-hybridized carbons (Fsp3) is 0.444. The lowest BCUT2D eigenvalue weighted by molar-refractivity contribution is -0.702. The first-order valence-corrected chi connectivity index (χ1v) is 5.98. The van der Waals surface area contributed by atoms with Gasteiger partial charge in [0.1, 0.15) is 0 Å². The molecule has 0 aliphatic rings. The van der Waals surface area contributed by atoms with E-state index in [0.717, 1.165) is 0 Å². The summed E-state index contributed by atoms with van der Waals surface area (Å²) in [6, 6.07) is 5.26. The maximum Gasteiger partial charge on any atom is 0.329 e. The summed E-state index contributed by atoms with van der Waals surface area (Å²) in [6.07, 6.45) is 4.38. The van der Waals surface area contributed by atoms with Crippen molar-refractivity contribution >= 4 is 10.1 Å². The number of hydrogen-bond acceptors (Lipinski definition) is 2. The summed E-state index contributed by atoms with van der Waals surface area (Å²) in [7, 11) is -4.02. The van der Waals surface area contributed by atoms with E-state index in [1.807, 2.05) is 6.92 Å². The van der Waals surface area contributed by atoms with Crippen molar-refractivity contribution < 1.29 is 17.5 Å². The highest BCUT2D eigenvalue weighted by Gasteiger charge is 2.30. The van der Waals surface area contributed by atoms with Crippen LogP contribution in [0.5, 0.6) is 0 Å². The molecule has 0 aromatic carbocycles. The maximum absolute atomic E-state index is 11.1. The molecule has 0 amide bonds. The first kappa shape index (κ1) is 11.1. The summed E-state index contributed by atoms with van der Waals surface area (Å²) in [6.45, 7) is 1.88. The highest BCUT2D eigenvalue weighted by atomic mass is 32.2. The molecule has 0 aliphatic carbocycles. The normalized spacial score (nSPS) is 13.9. The van der Waals surface area contributed by atoms with E-state index in [9.17, 15) is 8.42 Å². The van der Waals surface area contributed by atoms with Gasteiger partial charge in [-0.05, 0) is 6.42 Å². The van der Waals surface area contributed by atoms with E-state index < -0.39 is 15.5 Å². The molecule has 1 aromatic heterocycles. The van der Waals surface area contributed by atoms with Gasteiger partial charge in [-0.3, -0.25) is 4.55 Å². The Kier molecular flexibility index (Phi) is 3.60. The second-order valence-corrected chi connectivity index (χ2v) is 4.66. The lowest BCUT2D eigenvalue weighted by atomic mass is 10.3. The van der Waals surface area contributed by atoms with Crippen LogP contribution in [0.1, 0.15) is 25.1 Å². The average Bonchev–Trinajstić information content (AvgIpc) is 2.14. The molecular formula is C9H14NO3S+. The van der Waals surface area contributed by atoms with E-state index in [0.29, 0.717) is 12.8 Å². The third-order valence-electron chi connectivity index (χ3n) is 1.95. The Hall–Kier alpha value is -0.940. The minimum absolute atomic E-state index is 0.410. The lowest BCUT2D eigenvalue weighted by Gasteiger charge is -2.07. The predicted octanol–water partition coefficient (Wildman–Crippen LogP) is 1.16. The fourth-order valence-electron chi connectivity index (χ4n) is 1.30. The van der Waals surface area contributed by atoms with Gasteiger partial charge < -0.3 is 0 Å². The molecule has 4 nitrogen and oxygen atoms in total. The van der Waals surface area contributed by atoms with Crippen molar-refractivity contribution in [3.63, 3.8) is 0 Å². The number of pyridine rings is 1. The second-order valence-electron chi connectivity index (χ2n) is 3.08. The van der Waals surface area contributed by atoms with Crippen LogP contribution in [0.4, 0.5) is 0 Å². The summed E-state index contributed by atoms with van der Waals surface area (Å²) >= 11 is 0. The minimum atomic E-state index is -4.02. The molecule has 0 fully saturated rings. The number of rotatable bonds is 4. The molecule has 0 saturated heterocycles. The molecule has 1 aromatic rings. The highest BCUT2D eigenvalue weighted by molar-refractivity contribution is 7.85. The molecule has 0 saturated carbocycles. The molecule has 1 atom stereocenters. The molecule has 78 valence electrons. The summed E-state index contributed by atoms with van der Waals surface area (Å²) in [5.74, 6) is 0. The molecule has 5 heteroatoms. The molecule has 14 heavy (non-hydrogen) atoms. The Morgan fingerprint density at radius 2 is 1.86 bits per heavy atom. The highest BCUT2D eigenvalue weighted by Crippen LogP contribution is 2.12. The molecular weight excluding hydrogens is 202 g/mol. The monoisotopic (exact) mass is 216 g/mol. The molecule has 1 unspecified atom stereocenters. The molecule has 1 N–H and O–H groups in total. The largest absolute Gasteiger partial charge is 0.329 e. The maximum atomic E-state index is 11.1. The van der Waals surface area contributed by atoms with Crippen LogP contribution in [-0.4, -0.2) is 13.0 Å². The van der Waals surface area contributed by atoms with Crippen LogP contribution in [-0.2, 0) is 10.1 Å². The van der Waals surface area contributed by atoms with Crippen LogP contribution in [0.15, 0.2) is 30.6 Å². The van der Waals surface area contributed by atoms with E-state index in [4.69, 9.17) is 4.55 Å². The van der Waals surface area contributed by atoms with E-state index in [1.54, 1.807) is 30.6 Å². The zero-order chi connectivity index (χ0) is 10.6. The number of nitrogens with zero attached hydrogens (tertiary/aromatic N) is 1. The van der Waals surface area contributed by atoms with E-state index in [-0.39, 0.29) is 0 Å². The Bertz CT molecular complexity index is 374. The van der Waals surface area contributed by atoms with Gasteiger partial charge in [0, 0.05) is 18.6 Å². The zero-order valence-corrected chi connectivity index (χ0v) is 8.81. The van der Waals surface area contributed by atoms with Gasteiger partial charge in [0.15, 0.2) is 12.4 Å². The first-order chi connectivity index (χ1) is 6.55. The Labute approximate surface area is 83.9 Å². The summed E-state index contributed by atoms with van der Waals surface area (Å²) < 4.78 is 32.6. The van der Waals surface area contributed by atoms with Crippen molar-refractivity contribution in [2.24, 2.45) is 0 Å². The van der Waals surface area contributed by atoms with E-state index >= 15 is 0 Å². The number of hydrogen-bond donors (Lipinski definition) is 1. The standard InChI is InChI=1S/C9H13NO3S/c1-2-6-9(14(11,12)13)10-7-4-3-5-8-10/h3-5,7-9H,2,6H2,1H3/p+1. The third kappa shape index (κ3) is 2.78. The SMILES string of the molecule is CCCC([n+]1ccccc1)S(=O)(=O)O. The van der Waals surface area contributed by atoms with E-state index in [2.05, 4.69) is 0 Å². The quantitative estimate of drug-likeness (QED) is 0.607. The molecule has 0 radical (unpaired) electrons. The van der Waals surface area contributed by atoms with Crippen LogP contribution in [0.3, 0.4) is 0 Å². The second kappa shape index (κ2) is 4.52. The van der Waals surface area contributed by atoms with Crippen molar-refractivity contribution in [3.8, 4) is 0 Å². The van der Waals surface area contributed by atoms with Crippen LogP contribution in [0.25, 0.3) is 0 Å². The van der Waals surface area contributed by atoms with Gasteiger partial charge in [0.25, 0.3) is 5.37 Å². The first-order valence-electron chi connectivity index (χ1n) is 4.47. The number of aromatic nitrogens is 1. The minimum Gasteiger partial charge on any atom is -0.280 e. The van der Waals surface area contributed by atoms with Crippen molar-refractivity contribution in [1.29, 1.82) is 0 Å². The van der Waals surface area contributed by atoms with Gasteiger partial charge in [-0.15, -0.1) is 0 Å². The lowest BCUT2D eigenvalue weighted by Crippen LogP contribution is -2.42. The van der Waals surface area contributed by atoms with Crippen LogP contribution in [0, 0.1) is 0 Å². The van der Waals surface area contributed by atoms with Gasteiger partial charge in [-0.2, -0.15) is 13.0 Å². The van der Waals surface area contributed by atoms with E-state index in [1.165, 1.54) is 4.57 Å². The van der Waals surface area contributed by atoms with Crippen LogP contribution >= 0.6 is 0 Å². The molecule has 0 spiro atoms. The molecule has 1 heterocycles. The van der Waals surface area contributed by atoms with Gasteiger partial charge in [-0.25, -0.2) is 0 Å². The topological polar surface area (TPSA) is 58.2 Å². The Morgan fingerprint density at radius 1 is 1.29 bits per heavy atom. The summed E-state index contributed by atoms with van der Waals surface area (Å²) in [5.41, 5.74) is 0. The van der Waals surface area contributed by atoms with Gasteiger partial charge in [0.2, 0.25) is 0 Å². The van der Waals surface area contributed by atoms with Crippen LogP contribution in [0.2, 0.25) is 0 Å². The third-order valence-corrected chi connectivity index (χ3v) is 3.12. The molecule has 1 rings (SSSR count). The van der Waals surface area contributed by atoms with Crippen LogP contribution < -0.4 is 4.57 Å². The smallest absolute Gasteiger partial charge is 0.280 e. The van der Waals surface area contributed by atoms with Gasteiger partial charge >= 0.3 is 10.1 Å². The van der Waals surface area contributed by atoms with Crippen molar-refractivity contribution in [2.45, 2.75) is 25.1 Å².